The Bertz CT molecular complexity index is 451. The zero-order valence-electron chi connectivity index (χ0n) is 12.1. The second-order valence-corrected chi connectivity index (χ2v) is 6.23. The molecule has 4 amide bonds. The summed E-state index contributed by atoms with van der Waals surface area (Å²) >= 11 is 0. The Labute approximate surface area is 123 Å². The van der Waals surface area contributed by atoms with Crippen LogP contribution in [0.2, 0.25) is 0 Å². The van der Waals surface area contributed by atoms with Crippen molar-refractivity contribution < 1.29 is 14.4 Å². The van der Waals surface area contributed by atoms with Gasteiger partial charge in [-0.2, -0.15) is 0 Å². The van der Waals surface area contributed by atoms with Crippen LogP contribution in [0.4, 0.5) is 4.79 Å². The van der Waals surface area contributed by atoms with Crippen LogP contribution in [0.15, 0.2) is 0 Å². The fourth-order valence-corrected chi connectivity index (χ4v) is 3.49. The highest BCUT2D eigenvalue weighted by Crippen LogP contribution is 2.25. The molecule has 3 N–H and O–H groups in total. The summed E-state index contributed by atoms with van der Waals surface area (Å²) in [5, 5.41) is 8.30. The molecular weight excluding hydrogens is 272 g/mol. The van der Waals surface area contributed by atoms with Crippen molar-refractivity contribution in [3.05, 3.63) is 0 Å². The Kier molecular flexibility index (Phi) is 3.84. The van der Waals surface area contributed by atoms with E-state index in [2.05, 4.69) is 16.0 Å². The molecule has 0 bridgehead atoms. The van der Waals surface area contributed by atoms with E-state index in [1.807, 2.05) is 0 Å². The summed E-state index contributed by atoms with van der Waals surface area (Å²) in [5.74, 6) is -0.176. The number of piperidine rings is 1. The molecule has 7 heteroatoms. The van der Waals surface area contributed by atoms with Gasteiger partial charge in [0.25, 0.3) is 5.91 Å². The lowest BCUT2D eigenvalue weighted by molar-refractivity contribution is -0.135. The van der Waals surface area contributed by atoms with Crippen LogP contribution in [0.25, 0.3) is 0 Å². The van der Waals surface area contributed by atoms with Crippen molar-refractivity contribution in [3.8, 4) is 0 Å². The van der Waals surface area contributed by atoms with E-state index in [9.17, 15) is 14.4 Å². The van der Waals surface area contributed by atoms with Crippen LogP contribution in [0.1, 0.15) is 38.5 Å². The van der Waals surface area contributed by atoms with Crippen molar-refractivity contribution in [1.82, 2.24) is 20.9 Å². The van der Waals surface area contributed by atoms with Crippen LogP contribution in [-0.2, 0) is 9.59 Å². The predicted molar refractivity (Wildman–Crippen MR) is 75.5 cm³/mol. The van der Waals surface area contributed by atoms with Gasteiger partial charge in [0.15, 0.2) is 0 Å². The summed E-state index contributed by atoms with van der Waals surface area (Å²) in [6.07, 6.45) is 5.77. The SMILES string of the molecule is O=C1NC(=O)C2(CCN(C(=O)CNC3CCCC3)CC2)N1. The lowest BCUT2D eigenvalue weighted by atomic mass is 9.87. The molecule has 3 fully saturated rings. The number of hydrogen-bond donors (Lipinski definition) is 3. The van der Waals surface area contributed by atoms with Crippen LogP contribution in [-0.4, -0.2) is 54.0 Å². The van der Waals surface area contributed by atoms with Crippen LogP contribution in [0, 0.1) is 0 Å². The molecule has 7 nitrogen and oxygen atoms in total. The number of likely N-dealkylation sites (tertiary alicyclic amines) is 1. The standard InChI is InChI=1S/C14H22N4O3/c19-11(9-15-10-3-1-2-4-10)18-7-5-14(6-8-18)12(20)16-13(21)17-14/h10,15H,1-9H2,(H2,16,17,20,21). The van der Waals surface area contributed by atoms with E-state index in [0.29, 0.717) is 38.5 Å². The molecule has 21 heavy (non-hydrogen) atoms. The van der Waals surface area contributed by atoms with Crippen LogP contribution < -0.4 is 16.0 Å². The molecular formula is C14H22N4O3. The van der Waals surface area contributed by atoms with Gasteiger partial charge in [-0.15, -0.1) is 0 Å². The van der Waals surface area contributed by atoms with Crippen LogP contribution in [0.3, 0.4) is 0 Å². The normalized spacial score (nSPS) is 25.2. The minimum Gasteiger partial charge on any atom is -0.341 e. The van der Waals surface area contributed by atoms with Crippen LogP contribution in [0.5, 0.6) is 0 Å². The molecule has 2 aliphatic heterocycles. The third-order valence-electron chi connectivity index (χ3n) is 4.88. The summed E-state index contributed by atoms with van der Waals surface area (Å²) < 4.78 is 0. The van der Waals surface area contributed by atoms with Gasteiger partial charge in [0, 0.05) is 19.1 Å². The molecule has 0 aromatic carbocycles. The number of carbonyl (C=O) groups is 3. The number of carbonyl (C=O) groups excluding carboxylic acids is 3. The first-order valence-corrected chi connectivity index (χ1v) is 7.74. The first kappa shape index (κ1) is 14.3. The van der Waals surface area contributed by atoms with Gasteiger partial charge >= 0.3 is 6.03 Å². The lowest BCUT2D eigenvalue weighted by Crippen LogP contribution is -2.56. The average molecular weight is 294 g/mol. The number of rotatable bonds is 3. The van der Waals surface area contributed by atoms with Crippen molar-refractivity contribution in [1.29, 1.82) is 0 Å². The maximum absolute atomic E-state index is 12.2. The van der Waals surface area contributed by atoms with E-state index >= 15 is 0 Å². The van der Waals surface area contributed by atoms with Gasteiger partial charge in [-0.3, -0.25) is 14.9 Å². The third kappa shape index (κ3) is 2.88. The molecule has 0 aromatic heterocycles. The second kappa shape index (κ2) is 5.63. The van der Waals surface area contributed by atoms with Gasteiger partial charge in [-0.25, -0.2) is 4.79 Å². The highest BCUT2D eigenvalue weighted by atomic mass is 16.2. The largest absolute Gasteiger partial charge is 0.341 e. The molecule has 0 aromatic rings. The van der Waals surface area contributed by atoms with E-state index < -0.39 is 11.6 Å². The smallest absolute Gasteiger partial charge is 0.322 e. The van der Waals surface area contributed by atoms with Crippen molar-refractivity contribution in [3.63, 3.8) is 0 Å². The van der Waals surface area contributed by atoms with Crippen molar-refractivity contribution in [2.45, 2.75) is 50.1 Å². The number of imide groups is 1. The highest BCUT2D eigenvalue weighted by molar-refractivity contribution is 6.07. The zero-order valence-corrected chi connectivity index (χ0v) is 12.1. The van der Waals surface area contributed by atoms with Gasteiger partial charge in [0.05, 0.1) is 6.54 Å². The molecule has 0 unspecified atom stereocenters. The van der Waals surface area contributed by atoms with Crippen molar-refractivity contribution >= 4 is 17.8 Å². The van der Waals surface area contributed by atoms with E-state index in [4.69, 9.17) is 0 Å². The number of amides is 4. The van der Waals surface area contributed by atoms with E-state index in [-0.39, 0.29) is 11.8 Å². The number of nitrogens with zero attached hydrogens (tertiary/aromatic N) is 1. The number of hydrogen-bond acceptors (Lipinski definition) is 4. The summed E-state index contributed by atoms with van der Waals surface area (Å²) in [5.41, 5.74) is -0.799. The molecule has 3 rings (SSSR count). The summed E-state index contributed by atoms with van der Waals surface area (Å²) in [4.78, 5) is 37.0. The van der Waals surface area contributed by atoms with E-state index in [1.165, 1.54) is 12.8 Å². The van der Waals surface area contributed by atoms with Gasteiger partial charge < -0.3 is 15.5 Å². The fourth-order valence-electron chi connectivity index (χ4n) is 3.49. The topological polar surface area (TPSA) is 90.5 Å². The molecule has 116 valence electrons. The Morgan fingerprint density at radius 2 is 1.90 bits per heavy atom. The van der Waals surface area contributed by atoms with Gasteiger partial charge in [-0.1, -0.05) is 12.8 Å². The number of nitrogens with one attached hydrogen (secondary N) is 3. The van der Waals surface area contributed by atoms with Crippen molar-refractivity contribution in [2.24, 2.45) is 0 Å². The predicted octanol–water partition coefficient (Wildman–Crippen LogP) is -0.281. The minimum atomic E-state index is -0.799. The molecule has 1 saturated carbocycles. The summed E-state index contributed by atoms with van der Waals surface area (Å²) in [6, 6.07) is 0.0488. The zero-order chi connectivity index (χ0) is 14.9. The average Bonchev–Trinajstić information content (AvgIpc) is 3.06. The summed E-state index contributed by atoms with van der Waals surface area (Å²) in [6.45, 7) is 1.40. The number of urea groups is 1. The first-order chi connectivity index (χ1) is 10.1. The van der Waals surface area contributed by atoms with Crippen molar-refractivity contribution in [2.75, 3.05) is 19.6 Å². The first-order valence-electron chi connectivity index (χ1n) is 7.74. The Morgan fingerprint density at radius 1 is 1.24 bits per heavy atom. The fraction of sp³-hybridized carbons (Fsp3) is 0.786. The Hall–Kier alpha value is -1.63. The molecule has 0 atom stereocenters. The van der Waals surface area contributed by atoms with E-state index in [0.717, 1.165) is 12.8 Å². The second-order valence-electron chi connectivity index (χ2n) is 6.23. The quantitative estimate of drug-likeness (QED) is 0.624. The van der Waals surface area contributed by atoms with Gasteiger partial charge in [-0.05, 0) is 25.7 Å². The van der Waals surface area contributed by atoms with E-state index in [1.54, 1.807) is 4.90 Å². The maximum atomic E-state index is 12.2. The monoisotopic (exact) mass is 294 g/mol. The summed E-state index contributed by atoms with van der Waals surface area (Å²) in [7, 11) is 0. The highest BCUT2D eigenvalue weighted by Gasteiger charge is 2.48. The molecule has 1 spiro atoms. The molecule has 3 aliphatic rings. The molecule has 1 aliphatic carbocycles. The van der Waals surface area contributed by atoms with Gasteiger partial charge in [0.1, 0.15) is 5.54 Å². The Morgan fingerprint density at radius 3 is 2.48 bits per heavy atom. The Balaban J connectivity index is 1.47. The minimum absolute atomic E-state index is 0.0847. The molecule has 2 saturated heterocycles. The lowest BCUT2D eigenvalue weighted by Gasteiger charge is -2.37. The van der Waals surface area contributed by atoms with Crippen LogP contribution >= 0.6 is 0 Å². The molecule has 2 heterocycles. The third-order valence-corrected chi connectivity index (χ3v) is 4.88. The molecule has 0 radical (unpaired) electrons. The maximum Gasteiger partial charge on any atom is 0.322 e. The van der Waals surface area contributed by atoms with Gasteiger partial charge in [0.2, 0.25) is 5.91 Å².